The molecule has 3 rings (SSSR count). The van der Waals surface area contributed by atoms with Crippen LogP contribution in [-0.4, -0.2) is 4.90 Å². The highest BCUT2D eigenvalue weighted by Crippen LogP contribution is 2.14. The van der Waals surface area contributed by atoms with Crippen molar-refractivity contribution in [1.29, 1.82) is 0 Å². The topological polar surface area (TPSA) is 38.2 Å². The van der Waals surface area contributed by atoms with Gasteiger partial charge in [-0.15, -0.1) is 0 Å². The first-order valence-corrected chi connectivity index (χ1v) is 7.74. The lowest BCUT2D eigenvalue weighted by Crippen LogP contribution is -2.22. The number of benzene rings is 3. The van der Waals surface area contributed by atoms with E-state index in [2.05, 4.69) is 95.9 Å². The summed E-state index contributed by atoms with van der Waals surface area (Å²) >= 11 is 0. The molecule has 0 spiro atoms. The van der Waals surface area contributed by atoms with E-state index in [9.17, 15) is 0 Å². The SMILES string of the molecule is N.c1ccc(CN(Cc2ccccc2)Cc2ccccc2)cc1. The average Bonchev–Trinajstić information content (AvgIpc) is 2.57. The highest BCUT2D eigenvalue weighted by molar-refractivity contribution is 5.19. The molecule has 0 amide bonds. The summed E-state index contributed by atoms with van der Waals surface area (Å²) in [5.74, 6) is 0. The minimum Gasteiger partial charge on any atom is -0.344 e. The van der Waals surface area contributed by atoms with E-state index in [1.807, 2.05) is 0 Å². The van der Waals surface area contributed by atoms with Gasteiger partial charge in [-0.05, 0) is 16.7 Å². The van der Waals surface area contributed by atoms with Crippen molar-refractivity contribution >= 4 is 0 Å². The first-order chi connectivity index (χ1) is 10.9. The second kappa shape index (κ2) is 8.89. The molecule has 3 aromatic rings. The van der Waals surface area contributed by atoms with Gasteiger partial charge in [-0.1, -0.05) is 91.0 Å². The van der Waals surface area contributed by atoms with E-state index in [1.54, 1.807) is 0 Å². The normalized spacial score (nSPS) is 10.3. The third kappa shape index (κ3) is 5.37. The minimum absolute atomic E-state index is 0. The van der Waals surface area contributed by atoms with Crippen molar-refractivity contribution in [2.24, 2.45) is 0 Å². The highest BCUT2D eigenvalue weighted by Gasteiger charge is 2.08. The first kappa shape index (κ1) is 16.9. The molecule has 0 heterocycles. The quantitative estimate of drug-likeness (QED) is 0.692. The minimum atomic E-state index is 0. The molecule has 2 heteroatoms. The molecule has 3 aromatic carbocycles. The third-order valence-corrected chi connectivity index (χ3v) is 3.75. The van der Waals surface area contributed by atoms with Gasteiger partial charge in [-0.2, -0.15) is 0 Å². The molecular formula is C21H24N2. The Bertz CT molecular complexity index is 567. The van der Waals surface area contributed by atoms with Crippen LogP contribution >= 0.6 is 0 Å². The molecule has 0 atom stereocenters. The van der Waals surface area contributed by atoms with Gasteiger partial charge in [-0.3, -0.25) is 4.90 Å². The molecule has 0 aromatic heterocycles. The van der Waals surface area contributed by atoms with Crippen LogP contribution in [0.25, 0.3) is 0 Å². The van der Waals surface area contributed by atoms with Gasteiger partial charge >= 0.3 is 0 Å². The summed E-state index contributed by atoms with van der Waals surface area (Å²) in [4.78, 5) is 2.49. The summed E-state index contributed by atoms with van der Waals surface area (Å²) in [5, 5.41) is 0. The molecule has 0 unspecified atom stereocenters. The molecule has 0 saturated carbocycles. The number of nitrogens with zero attached hydrogens (tertiary/aromatic N) is 1. The molecule has 0 saturated heterocycles. The Hall–Kier alpha value is -2.42. The molecule has 0 aliphatic carbocycles. The maximum atomic E-state index is 2.49. The van der Waals surface area contributed by atoms with Gasteiger partial charge in [0.05, 0.1) is 0 Å². The van der Waals surface area contributed by atoms with Crippen molar-refractivity contribution in [2.45, 2.75) is 19.6 Å². The standard InChI is InChI=1S/C21H21N.H3N/c1-4-10-19(11-5-1)16-22(17-20-12-6-2-7-13-20)18-21-14-8-3-9-15-21;/h1-15H,16-18H2;1H3. The lowest BCUT2D eigenvalue weighted by atomic mass is 10.1. The summed E-state index contributed by atoms with van der Waals surface area (Å²) in [6, 6.07) is 32.1. The molecule has 0 bridgehead atoms. The lowest BCUT2D eigenvalue weighted by Gasteiger charge is -2.23. The van der Waals surface area contributed by atoms with E-state index in [0.717, 1.165) is 19.6 Å². The number of rotatable bonds is 6. The Morgan fingerprint density at radius 2 is 0.696 bits per heavy atom. The summed E-state index contributed by atoms with van der Waals surface area (Å²) in [6.45, 7) is 2.89. The zero-order valence-corrected chi connectivity index (χ0v) is 13.4. The Morgan fingerprint density at radius 1 is 0.435 bits per heavy atom. The lowest BCUT2D eigenvalue weighted by molar-refractivity contribution is 0.247. The van der Waals surface area contributed by atoms with Crippen LogP contribution < -0.4 is 6.15 Å². The molecular weight excluding hydrogens is 280 g/mol. The first-order valence-electron chi connectivity index (χ1n) is 7.74. The van der Waals surface area contributed by atoms with Crippen molar-refractivity contribution in [2.75, 3.05) is 0 Å². The van der Waals surface area contributed by atoms with Gasteiger partial charge in [0.1, 0.15) is 0 Å². The van der Waals surface area contributed by atoms with Crippen LogP contribution in [0.1, 0.15) is 16.7 Å². The molecule has 2 nitrogen and oxygen atoms in total. The smallest absolute Gasteiger partial charge is 0.0240 e. The van der Waals surface area contributed by atoms with Gasteiger partial charge in [0, 0.05) is 19.6 Å². The number of hydrogen-bond acceptors (Lipinski definition) is 2. The van der Waals surface area contributed by atoms with Crippen molar-refractivity contribution in [3.63, 3.8) is 0 Å². The number of hydrogen-bond donors (Lipinski definition) is 1. The molecule has 118 valence electrons. The van der Waals surface area contributed by atoms with Crippen molar-refractivity contribution in [3.8, 4) is 0 Å². The van der Waals surface area contributed by atoms with Crippen LogP contribution in [0.3, 0.4) is 0 Å². The van der Waals surface area contributed by atoms with E-state index in [-0.39, 0.29) is 6.15 Å². The zero-order chi connectivity index (χ0) is 15.0. The largest absolute Gasteiger partial charge is 0.344 e. The van der Waals surface area contributed by atoms with E-state index < -0.39 is 0 Å². The van der Waals surface area contributed by atoms with Gasteiger partial charge < -0.3 is 6.15 Å². The van der Waals surface area contributed by atoms with E-state index >= 15 is 0 Å². The van der Waals surface area contributed by atoms with Crippen molar-refractivity contribution in [1.82, 2.24) is 11.1 Å². The predicted molar refractivity (Wildman–Crippen MR) is 97.3 cm³/mol. The molecule has 0 radical (unpaired) electrons. The molecule has 0 aliphatic rings. The Kier molecular flexibility index (Phi) is 6.55. The van der Waals surface area contributed by atoms with Crippen LogP contribution in [0.4, 0.5) is 0 Å². The van der Waals surface area contributed by atoms with Crippen molar-refractivity contribution < 1.29 is 0 Å². The monoisotopic (exact) mass is 304 g/mol. The summed E-state index contributed by atoms with van der Waals surface area (Å²) in [7, 11) is 0. The second-order valence-corrected chi connectivity index (χ2v) is 5.60. The molecule has 23 heavy (non-hydrogen) atoms. The summed E-state index contributed by atoms with van der Waals surface area (Å²) in [5.41, 5.74) is 4.07. The van der Waals surface area contributed by atoms with E-state index in [1.165, 1.54) is 16.7 Å². The second-order valence-electron chi connectivity index (χ2n) is 5.60. The Balaban J connectivity index is 0.00000192. The van der Waals surface area contributed by atoms with Crippen molar-refractivity contribution in [3.05, 3.63) is 108 Å². The van der Waals surface area contributed by atoms with Crippen LogP contribution in [-0.2, 0) is 19.6 Å². The third-order valence-electron chi connectivity index (χ3n) is 3.75. The summed E-state index contributed by atoms with van der Waals surface area (Å²) in [6.07, 6.45) is 0. The van der Waals surface area contributed by atoms with Crippen LogP contribution in [0.5, 0.6) is 0 Å². The van der Waals surface area contributed by atoms with Gasteiger partial charge in [0.15, 0.2) is 0 Å². The average molecular weight is 304 g/mol. The Morgan fingerprint density at radius 3 is 0.957 bits per heavy atom. The Labute approximate surface area is 139 Å². The van der Waals surface area contributed by atoms with Gasteiger partial charge in [0.2, 0.25) is 0 Å². The molecule has 0 fully saturated rings. The fraction of sp³-hybridized carbons (Fsp3) is 0.143. The van der Waals surface area contributed by atoms with Crippen LogP contribution in [0.2, 0.25) is 0 Å². The van der Waals surface area contributed by atoms with Crippen LogP contribution in [0, 0.1) is 0 Å². The van der Waals surface area contributed by atoms with E-state index in [4.69, 9.17) is 0 Å². The highest BCUT2D eigenvalue weighted by atomic mass is 15.1. The van der Waals surface area contributed by atoms with Gasteiger partial charge in [-0.25, -0.2) is 0 Å². The molecule has 3 N–H and O–H groups in total. The predicted octanol–water partition coefficient (Wildman–Crippen LogP) is 5.05. The maximum Gasteiger partial charge on any atom is 0.0240 e. The zero-order valence-electron chi connectivity index (χ0n) is 13.4. The fourth-order valence-corrected chi connectivity index (χ4v) is 2.69. The van der Waals surface area contributed by atoms with Gasteiger partial charge in [0.25, 0.3) is 0 Å². The van der Waals surface area contributed by atoms with E-state index in [0.29, 0.717) is 0 Å². The fourth-order valence-electron chi connectivity index (χ4n) is 2.69. The van der Waals surface area contributed by atoms with Crippen LogP contribution in [0.15, 0.2) is 91.0 Å². The molecule has 0 aliphatic heterocycles. The maximum absolute atomic E-state index is 2.49. The summed E-state index contributed by atoms with van der Waals surface area (Å²) < 4.78 is 0.